The highest BCUT2D eigenvalue weighted by atomic mass is 35.5. The normalized spacial score (nSPS) is 12.5. The third kappa shape index (κ3) is 3.62. The first-order valence-corrected chi connectivity index (χ1v) is 7.26. The van der Waals surface area contributed by atoms with Crippen LogP contribution < -0.4 is 5.32 Å². The minimum Gasteiger partial charge on any atom is -0.363 e. The minimum atomic E-state index is 0.0367. The van der Waals surface area contributed by atoms with Gasteiger partial charge in [0, 0.05) is 21.8 Å². The zero-order valence-corrected chi connectivity index (χ0v) is 13.2. The summed E-state index contributed by atoms with van der Waals surface area (Å²) in [5, 5.41) is 4.62. The van der Waals surface area contributed by atoms with E-state index in [1.165, 1.54) is 0 Å². The third-order valence-corrected chi connectivity index (χ3v) is 3.64. The second kappa shape index (κ2) is 6.42. The van der Waals surface area contributed by atoms with Gasteiger partial charge in [0.1, 0.15) is 12.1 Å². The molecule has 0 bridgehead atoms. The second-order valence-electron chi connectivity index (χ2n) is 5.01. The fourth-order valence-electron chi connectivity index (χ4n) is 1.92. The van der Waals surface area contributed by atoms with Gasteiger partial charge in [-0.2, -0.15) is 0 Å². The fourth-order valence-corrected chi connectivity index (χ4v) is 2.49. The molecule has 2 rings (SSSR count). The van der Waals surface area contributed by atoms with Crippen molar-refractivity contribution in [2.24, 2.45) is 0 Å². The molecule has 0 aliphatic heterocycles. The van der Waals surface area contributed by atoms with Crippen LogP contribution >= 0.6 is 23.2 Å². The van der Waals surface area contributed by atoms with Crippen LogP contribution in [0.1, 0.15) is 44.0 Å². The predicted molar refractivity (Wildman–Crippen MR) is 84.6 cm³/mol. The predicted octanol–water partition coefficient (Wildman–Crippen LogP) is 5.08. The lowest BCUT2D eigenvalue weighted by molar-refractivity contribution is 0.807. The van der Waals surface area contributed by atoms with Crippen LogP contribution in [0.25, 0.3) is 0 Å². The van der Waals surface area contributed by atoms with E-state index < -0.39 is 0 Å². The maximum Gasteiger partial charge on any atom is 0.130 e. The molecule has 0 radical (unpaired) electrons. The highest BCUT2D eigenvalue weighted by molar-refractivity contribution is 6.35. The first-order chi connectivity index (χ1) is 9.47. The molecule has 0 fully saturated rings. The summed E-state index contributed by atoms with van der Waals surface area (Å²) in [4.78, 5) is 8.50. The molecule has 2 aromatic rings. The van der Waals surface area contributed by atoms with E-state index in [4.69, 9.17) is 23.2 Å². The Morgan fingerprint density at radius 3 is 2.45 bits per heavy atom. The number of hydrogen-bond donors (Lipinski definition) is 1. The van der Waals surface area contributed by atoms with Crippen LogP contribution in [0.15, 0.2) is 30.6 Å². The molecule has 1 aromatic heterocycles. The molecular weight excluding hydrogens is 293 g/mol. The van der Waals surface area contributed by atoms with Crippen molar-refractivity contribution in [2.45, 2.75) is 32.7 Å². The molecular formula is C15H17Cl2N3. The van der Waals surface area contributed by atoms with Crippen molar-refractivity contribution in [3.05, 3.63) is 51.9 Å². The summed E-state index contributed by atoms with van der Waals surface area (Å²) in [6.07, 6.45) is 1.58. The molecule has 1 atom stereocenters. The molecule has 5 heteroatoms. The third-order valence-electron chi connectivity index (χ3n) is 3.07. The highest BCUT2D eigenvalue weighted by Crippen LogP contribution is 2.28. The van der Waals surface area contributed by atoms with Gasteiger partial charge in [0.2, 0.25) is 0 Å². The average Bonchev–Trinajstić information content (AvgIpc) is 2.38. The van der Waals surface area contributed by atoms with E-state index in [0.717, 1.165) is 17.1 Å². The van der Waals surface area contributed by atoms with Crippen molar-refractivity contribution >= 4 is 29.0 Å². The largest absolute Gasteiger partial charge is 0.363 e. The average molecular weight is 310 g/mol. The van der Waals surface area contributed by atoms with Gasteiger partial charge in [-0.05, 0) is 30.5 Å². The standard InChI is InChI=1S/C15H17Cl2N3/c1-9(2)14-7-15(19-8-18-14)20-10(3)12-5-4-11(16)6-13(12)17/h4-10H,1-3H3,(H,18,19,20). The van der Waals surface area contributed by atoms with Crippen LogP contribution in [0.2, 0.25) is 10.0 Å². The maximum absolute atomic E-state index is 6.22. The first-order valence-electron chi connectivity index (χ1n) is 6.51. The van der Waals surface area contributed by atoms with Crippen LogP contribution in [0.5, 0.6) is 0 Å². The molecule has 1 N–H and O–H groups in total. The molecule has 3 nitrogen and oxygen atoms in total. The van der Waals surface area contributed by atoms with E-state index >= 15 is 0 Å². The van der Waals surface area contributed by atoms with E-state index in [9.17, 15) is 0 Å². The van der Waals surface area contributed by atoms with Gasteiger partial charge in [0.05, 0.1) is 6.04 Å². The van der Waals surface area contributed by atoms with Crippen molar-refractivity contribution in [3.63, 3.8) is 0 Å². The monoisotopic (exact) mass is 309 g/mol. The zero-order chi connectivity index (χ0) is 14.7. The van der Waals surface area contributed by atoms with Gasteiger partial charge in [-0.25, -0.2) is 9.97 Å². The Hall–Kier alpha value is -1.32. The number of nitrogens with one attached hydrogen (secondary N) is 1. The van der Waals surface area contributed by atoms with Gasteiger partial charge in [-0.3, -0.25) is 0 Å². The minimum absolute atomic E-state index is 0.0367. The van der Waals surface area contributed by atoms with Crippen molar-refractivity contribution in [3.8, 4) is 0 Å². The summed E-state index contributed by atoms with van der Waals surface area (Å²) < 4.78 is 0. The van der Waals surface area contributed by atoms with Crippen molar-refractivity contribution in [1.82, 2.24) is 9.97 Å². The van der Waals surface area contributed by atoms with E-state index in [2.05, 4.69) is 29.1 Å². The number of anilines is 1. The van der Waals surface area contributed by atoms with Crippen LogP contribution in [0, 0.1) is 0 Å². The molecule has 20 heavy (non-hydrogen) atoms. The number of aromatic nitrogens is 2. The van der Waals surface area contributed by atoms with Crippen molar-refractivity contribution in [1.29, 1.82) is 0 Å². The van der Waals surface area contributed by atoms with E-state index in [1.54, 1.807) is 12.4 Å². The van der Waals surface area contributed by atoms with Crippen LogP contribution in [-0.4, -0.2) is 9.97 Å². The summed E-state index contributed by atoms with van der Waals surface area (Å²) in [5.74, 6) is 1.16. The highest BCUT2D eigenvalue weighted by Gasteiger charge is 2.11. The summed E-state index contributed by atoms with van der Waals surface area (Å²) in [6.45, 7) is 6.24. The molecule has 1 heterocycles. The molecule has 0 saturated carbocycles. The lowest BCUT2D eigenvalue weighted by Gasteiger charge is -2.17. The summed E-state index contributed by atoms with van der Waals surface area (Å²) >= 11 is 12.1. The van der Waals surface area contributed by atoms with Crippen molar-refractivity contribution in [2.75, 3.05) is 5.32 Å². The van der Waals surface area contributed by atoms with E-state index in [0.29, 0.717) is 16.0 Å². The Labute approximate surface area is 129 Å². The Bertz CT molecular complexity index is 599. The van der Waals surface area contributed by atoms with Crippen LogP contribution in [-0.2, 0) is 0 Å². The molecule has 106 valence electrons. The number of benzene rings is 1. The number of halogens is 2. The summed E-state index contributed by atoms with van der Waals surface area (Å²) in [6, 6.07) is 7.50. The molecule has 1 unspecified atom stereocenters. The summed E-state index contributed by atoms with van der Waals surface area (Å²) in [5.41, 5.74) is 2.00. The van der Waals surface area contributed by atoms with E-state index in [1.807, 2.05) is 25.1 Å². The second-order valence-corrected chi connectivity index (χ2v) is 5.86. The van der Waals surface area contributed by atoms with Gasteiger partial charge in [-0.1, -0.05) is 43.1 Å². The van der Waals surface area contributed by atoms with Gasteiger partial charge in [0.25, 0.3) is 0 Å². The molecule has 1 aromatic carbocycles. The molecule has 0 amide bonds. The van der Waals surface area contributed by atoms with Crippen LogP contribution in [0.3, 0.4) is 0 Å². The van der Waals surface area contributed by atoms with Gasteiger partial charge in [0.15, 0.2) is 0 Å². The maximum atomic E-state index is 6.22. The smallest absolute Gasteiger partial charge is 0.130 e. The van der Waals surface area contributed by atoms with Gasteiger partial charge < -0.3 is 5.32 Å². The molecule has 0 spiro atoms. The lowest BCUT2D eigenvalue weighted by atomic mass is 10.1. The zero-order valence-electron chi connectivity index (χ0n) is 11.7. The quantitative estimate of drug-likeness (QED) is 0.855. The fraction of sp³-hybridized carbons (Fsp3) is 0.333. The van der Waals surface area contributed by atoms with Gasteiger partial charge >= 0.3 is 0 Å². The number of nitrogens with zero attached hydrogens (tertiary/aromatic N) is 2. The Balaban J connectivity index is 2.19. The summed E-state index contributed by atoms with van der Waals surface area (Å²) in [7, 11) is 0. The van der Waals surface area contributed by atoms with Gasteiger partial charge in [-0.15, -0.1) is 0 Å². The molecule has 0 saturated heterocycles. The number of rotatable bonds is 4. The number of hydrogen-bond acceptors (Lipinski definition) is 3. The Kier molecular flexibility index (Phi) is 4.84. The first kappa shape index (κ1) is 15.1. The van der Waals surface area contributed by atoms with Crippen LogP contribution in [0.4, 0.5) is 5.82 Å². The topological polar surface area (TPSA) is 37.8 Å². The Morgan fingerprint density at radius 2 is 1.80 bits per heavy atom. The molecule has 0 aliphatic rings. The molecule has 0 aliphatic carbocycles. The SMILES string of the molecule is CC(C)c1cc(NC(C)c2ccc(Cl)cc2Cl)ncn1. The van der Waals surface area contributed by atoms with E-state index in [-0.39, 0.29) is 6.04 Å². The lowest BCUT2D eigenvalue weighted by Crippen LogP contribution is -2.09. The van der Waals surface area contributed by atoms with Crippen molar-refractivity contribution < 1.29 is 0 Å². The Morgan fingerprint density at radius 1 is 1.05 bits per heavy atom.